The maximum atomic E-state index is 12.7. The molecule has 0 aliphatic heterocycles. The minimum Gasteiger partial charge on any atom is -0.489 e. The Morgan fingerprint density at radius 1 is 1.06 bits per heavy atom. The second-order valence-electron chi connectivity index (χ2n) is 7.97. The van der Waals surface area contributed by atoms with Crippen LogP contribution in [0.5, 0.6) is 5.75 Å². The molecule has 1 aromatic heterocycles. The molecule has 1 heterocycles. The van der Waals surface area contributed by atoms with E-state index >= 15 is 0 Å². The number of esters is 1. The largest absolute Gasteiger partial charge is 0.489 e. The van der Waals surface area contributed by atoms with Crippen molar-refractivity contribution in [3.8, 4) is 5.75 Å². The molecule has 0 saturated carbocycles. The molecule has 0 unspecified atom stereocenters. The second-order valence-corrected chi connectivity index (χ2v) is 7.97. The van der Waals surface area contributed by atoms with Gasteiger partial charge in [0.2, 0.25) is 0 Å². The van der Waals surface area contributed by atoms with Gasteiger partial charge >= 0.3 is 12.1 Å². The van der Waals surface area contributed by atoms with Gasteiger partial charge in [-0.1, -0.05) is 30.3 Å². The van der Waals surface area contributed by atoms with Gasteiger partial charge in [0.25, 0.3) is 0 Å². The molecule has 3 rings (SSSR count). The van der Waals surface area contributed by atoms with Crippen LogP contribution < -0.4 is 4.74 Å². The molecular formula is C25H27NO5. The average Bonchev–Trinajstić information content (AvgIpc) is 3.09. The van der Waals surface area contributed by atoms with Gasteiger partial charge in [-0.3, -0.25) is 4.57 Å². The summed E-state index contributed by atoms with van der Waals surface area (Å²) in [6.07, 6.45) is 4.12. The fourth-order valence-electron chi connectivity index (χ4n) is 3.01. The van der Waals surface area contributed by atoms with E-state index in [1.165, 1.54) is 10.6 Å². The lowest BCUT2D eigenvalue weighted by atomic mass is 10.1. The number of benzene rings is 2. The van der Waals surface area contributed by atoms with E-state index < -0.39 is 17.7 Å². The normalized spacial score (nSPS) is 11.6. The molecular weight excluding hydrogens is 394 g/mol. The van der Waals surface area contributed by atoms with Crippen LogP contribution in [0.1, 0.15) is 38.8 Å². The van der Waals surface area contributed by atoms with Gasteiger partial charge in [-0.25, -0.2) is 9.59 Å². The van der Waals surface area contributed by atoms with Crippen molar-refractivity contribution in [2.24, 2.45) is 0 Å². The summed E-state index contributed by atoms with van der Waals surface area (Å²) in [7, 11) is 0. The molecule has 6 nitrogen and oxygen atoms in total. The minimum absolute atomic E-state index is 0.292. The first kappa shape index (κ1) is 22.2. The van der Waals surface area contributed by atoms with E-state index in [1.54, 1.807) is 25.3 Å². The number of ether oxygens (including phenoxy) is 3. The van der Waals surface area contributed by atoms with Crippen molar-refractivity contribution >= 4 is 29.0 Å². The number of hydrogen-bond donors (Lipinski definition) is 0. The molecule has 0 radical (unpaired) electrons. The molecule has 0 fully saturated rings. The topological polar surface area (TPSA) is 66.8 Å². The first-order valence-electron chi connectivity index (χ1n) is 10.2. The first-order chi connectivity index (χ1) is 14.8. The first-order valence-corrected chi connectivity index (χ1v) is 10.2. The van der Waals surface area contributed by atoms with Gasteiger partial charge in [-0.15, -0.1) is 0 Å². The molecule has 0 atom stereocenters. The van der Waals surface area contributed by atoms with E-state index in [1.807, 2.05) is 63.2 Å². The summed E-state index contributed by atoms with van der Waals surface area (Å²) in [5, 5.41) is 0.761. The number of fused-ring (bicyclic) bond motifs is 1. The van der Waals surface area contributed by atoms with Gasteiger partial charge < -0.3 is 14.2 Å². The SMILES string of the molecule is CCOC(=O)/C=C/c1cn(C(=O)OC(C)(C)C)c2ccc(OCc3ccccc3)cc12. The summed E-state index contributed by atoms with van der Waals surface area (Å²) in [6, 6.07) is 15.3. The Morgan fingerprint density at radius 3 is 2.48 bits per heavy atom. The molecule has 31 heavy (non-hydrogen) atoms. The van der Waals surface area contributed by atoms with Crippen LogP contribution >= 0.6 is 0 Å². The van der Waals surface area contributed by atoms with Crippen LogP contribution in [0.4, 0.5) is 4.79 Å². The zero-order valence-electron chi connectivity index (χ0n) is 18.3. The van der Waals surface area contributed by atoms with Gasteiger partial charge in [-0.05, 0) is 57.5 Å². The Kier molecular flexibility index (Phi) is 6.80. The van der Waals surface area contributed by atoms with Crippen molar-refractivity contribution < 1.29 is 23.8 Å². The van der Waals surface area contributed by atoms with Crippen LogP contribution in [0.25, 0.3) is 17.0 Å². The van der Waals surface area contributed by atoms with Crippen LogP contribution in [0.3, 0.4) is 0 Å². The van der Waals surface area contributed by atoms with Crippen molar-refractivity contribution in [2.75, 3.05) is 6.61 Å². The molecule has 3 aromatic rings. The highest BCUT2D eigenvalue weighted by atomic mass is 16.6. The smallest absolute Gasteiger partial charge is 0.419 e. The molecule has 0 saturated heterocycles. The van der Waals surface area contributed by atoms with E-state index in [0.29, 0.717) is 30.0 Å². The molecule has 0 aliphatic rings. The van der Waals surface area contributed by atoms with Crippen LogP contribution in [0.15, 0.2) is 60.8 Å². The molecule has 0 amide bonds. The third kappa shape index (κ3) is 5.98. The zero-order chi connectivity index (χ0) is 22.4. The fourth-order valence-corrected chi connectivity index (χ4v) is 3.01. The van der Waals surface area contributed by atoms with Crippen LogP contribution in [-0.4, -0.2) is 28.8 Å². The molecule has 162 valence electrons. The van der Waals surface area contributed by atoms with Crippen LogP contribution in [-0.2, 0) is 20.9 Å². The van der Waals surface area contributed by atoms with Gasteiger partial charge in [0.05, 0.1) is 12.1 Å². The quantitative estimate of drug-likeness (QED) is 0.384. The van der Waals surface area contributed by atoms with Gasteiger partial charge in [0.15, 0.2) is 0 Å². The number of carbonyl (C=O) groups excluding carboxylic acids is 2. The molecule has 0 aliphatic carbocycles. The number of nitrogens with zero attached hydrogens (tertiary/aromatic N) is 1. The number of aromatic nitrogens is 1. The molecule has 0 bridgehead atoms. The van der Waals surface area contributed by atoms with Gasteiger partial charge in [0, 0.05) is 23.2 Å². The van der Waals surface area contributed by atoms with Crippen molar-refractivity contribution in [3.63, 3.8) is 0 Å². The summed E-state index contributed by atoms with van der Waals surface area (Å²) in [5.41, 5.74) is 1.76. The summed E-state index contributed by atoms with van der Waals surface area (Å²) >= 11 is 0. The van der Waals surface area contributed by atoms with Crippen molar-refractivity contribution in [1.29, 1.82) is 0 Å². The predicted octanol–water partition coefficient (Wildman–Crippen LogP) is 5.58. The van der Waals surface area contributed by atoms with Gasteiger partial charge in [0.1, 0.15) is 18.0 Å². The van der Waals surface area contributed by atoms with Crippen molar-refractivity contribution in [2.45, 2.75) is 39.9 Å². The molecule has 0 N–H and O–H groups in total. The van der Waals surface area contributed by atoms with E-state index in [4.69, 9.17) is 14.2 Å². The Balaban J connectivity index is 1.95. The Morgan fingerprint density at radius 2 is 1.81 bits per heavy atom. The minimum atomic E-state index is -0.632. The highest BCUT2D eigenvalue weighted by Crippen LogP contribution is 2.28. The molecule has 6 heteroatoms. The van der Waals surface area contributed by atoms with E-state index in [-0.39, 0.29) is 0 Å². The number of hydrogen-bond acceptors (Lipinski definition) is 5. The Bertz CT molecular complexity index is 1090. The van der Waals surface area contributed by atoms with Crippen LogP contribution in [0.2, 0.25) is 0 Å². The Labute approximate surface area is 182 Å². The fraction of sp³-hybridized carbons (Fsp3) is 0.280. The van der Waals surface area contributed by atoms with Crippen LogP contribution in [0, 0.1) is 0 Å². The third-order valence-corrected chi connectivity index (χ3v) is 4.33. The summed E-state index contributed by atoms with van der Waals surface area (Å²) in [6.45, 7) is 7.90. The number of rotatable bonds is 6. The lowest BCUT2D eigenvalue weighted by Gasteiger charge is -2.19. The highest BCUT2D eigenvalue weighted by Gasteiger charge is 2.20. The lowest BCUT2D eigenvalue weighted by Crippen LogP contribution is -2.26. The summed E-state index contributed by atoms with van der Waals surface area (Å²) < 4.78 is 17.8. The lowest BCUT2D eigenvalue weighted by molar-refractivity contribution is -0.137. The van der Waals surface area contributed by atoms with Crippen molar-refractivity contribution in [1.82, 2.24) is 4.57 Å². The van der Waals surface area contributed by atoms with E-state index in [2.05, 4.69) is 0 Å². The summed E-state index contributed by atoms with van der Waals surface area (Å²) in [5.74, 6) is 0.209. The zero-order valence-corrected chi connectivity index (χ0v) is 18.3. The predicted molar refractivity (Wildman–Crippen MR) is 120 cm³/mol. The summed E-state index contributed by atoms with van der Waals surface area (Å²) in [4.78, 5) is 24.5. The molecule has 2 aromatic carbocycles. The Hall–Kier alpha value is -3.54. The van der Waals surface area contributed by atoms with E-state index in [0.717, 1.165) is 10.9 Å². The maximum Gasteiger partial charge on any atom is 0.419 e. The highest BCUT2D eigenvalue weighted by molar-refractivity contribution is 5.98. The molecule has 0 spiro atoms. The van der Waals surface area contributed by atoms with E-state index in [9.17, 15) is 9.59 Å². The third-order valence-electron chi connectivity index (χ3n) is 4.33. The van der Waals surface area contributed by atoms with Crippen molar-refractivity contribution in [3.05, 3.63) is 71.9 Å². The maximum absolute atomic E-state index is 12.7. The van der Waals surface area contributed by atoms with Gasteiger partial charge in [-0.2, -0.15) is 0 Å². The average molecular weight is 421 g/mol. The second kappa shape index (κ2) is 9.51. The standard InChI is InChI=1S/C25H27NO5/c1-5-29-23(27)14-11-19-16-26(24(28)31-25(2,3)4)22-13-12-20(15-21(19)22)30-17-18-9-7-6-8-10-18/h6-16H,5,17H2,1-4H3/b14-11+. The number of carbonyl (C=O) groups is 2. The monoisotopic (exact) mass is 421 g/mol.